The van der Waals surface area contributed by atoms with Gasteiger partial charge in [-0.25, -0.2) is 4.68 Å². The van der Waals surface area contributed by atoms with E-state index in [0.29, 0.717) is 0 Å². The Morgan fingerprint density at radius 1 is 1.24 bits per heavy atom. The van der Waals surface area contributed by atoms with Crippen molar-refractivity contribution in [2.45, 2.75) is 19.9 Å². The lowest BCUT2D eigenvalue weighted by Crippen LogP contribution is -2.18. The lowest BCUT2D eigenvalue weighted by molar-refractivity contribution is 0.598. The van der Waals surface area contributed by atoms with E-state index in [-0.39, 0.29) is 6.04 Å². The van der Waals surface area contributed by atoms with E-state index in [2.05, 4.69) is 48.5 Å². The summed E-state index contributed by atoms with van der Waals surface area (Å²) in [5.41, 5.74) is 3.17. The molecule has 0 radical (unpaired) electrons. The standard InChI is InChI=1S/C17H18ClN3/c1-3-19-12(2)15-9-8-14(10-16(15)18)21-17-7-5-4-6-13(17)11-20-21/h4-12,19H,3H2,1-2H3. The van der Waals surface area contributed by atoms with E-state index < -0.39 is 0 Å². The van der Waals surface area contributed by atoms with Crippen LogP contribution in [0.3, 0.4) is 0 Å². The fourth-order valence-electron chi connectivity index (χ4n) is 2.59. The Labute approximate surface area is 129 Å². The van der Waals surface area contributed by atoms with Crippen LogP contribution in [0.2, 0.25) is 5.02 Å². The van der Waals surface area contributed by atoms with Crippen LogP contribution in [0.4, 0.5) is 0 Å². The van der Waals surface area contributed by atoms with Gasteiger partial charge in [0.25, 0.3) is 0 Å². The number of para-hydroxylation sites is 1. The monoisotopic (exact) mass is 299 g/mol. The summed E-state index contributed by atoms with van der Waals surface area (Å²) in [6.45, 7) is 5.13. The van der Waals surface area contributed by atoms with Crippen LogP contribution < -0.4 is 5.32 Å². The third-order valence-corrected chi connectivity index (χ3v) is 4.01. The second kappa shape index (κ2) is 5.88. The number of hydrogen-bond donors (Lipinski definition) is 1. The molecule has 1 unspecified atom stereocenters. The van der Waals surface area contributed by atoms with E-state index >= 15 is 0 Å². The molecule has 1 N–H and O–H groups in total. The first kappa shape index (κ1) is 14.1. The highest BCUT2D eigenvalue weighted by Crippen LogP contribution is 2.27. The van der Waals surface area contributed by atoms with Crippen LogP contribution in [-0.2, 0) is 0 Å². The minimum atomic E-state index is 0.242. The van der Waals surface area contributed by atoms with Crippen LogP contribution in [0, 0.1) is 0 Å². The molecular formula is C17H18ClN3. The molecule has 0 aliphatic carbocycles. The van der Waals surface area contributed by atoms with Gasteiger partial charge in [-0.15, -0.1) is 0 Å². The molecule has 3 rings (SSSR count). The quantitative estimate of drug-likeness (QED) is 0.776. The minimum absolute atomic E-state index is 0.242. The third kappa shape index (κ3) is 2.67. The van der Waals surface area contributed by atoms with E-state index in [4.69, 9.17) is 11.6 Å². The smallest absolute Gasteiger partial charge is 0.0741 e. The lowest BCUT2D eigenvalue weighted by atomic mass is 10.1. The van der Waals surface area contributed by atoms with Crippen molar-refractivity contribution in [3.8, 4) is 5.69 Å². The zero-order valence-electron chi connectivity index (χ0n) is 12.2. The number of benzene rings is 2. The van der Waals surface area contributed by atoms with Crippen molar-refractivity contribution in [1.29, 1.82) is 0 Å². The van der Waals surface area contributed by atoms with Crippen molar-refractivity contribution in [3.05, 3.63) is 59.2 Å². The van der Waals surface area contributed by atoms with Crippen molar-refractivity contribution < 1.29 is 0 Å². The van der Waals surface area contributed by atoms with E-state index in [0.717, 1.165) is 33.7 Å². The lowest BCUT2D eigenvalue weighted by Gasteiger charge is -2.15. The van der Waals surface area contributed by atoms with Crippen LogP contribution in [0.1, 0.15) is 25.5 Å². The van der Waals surface area contributed by atoms with E-state index in [1.807, 2.05) is 29.1 Å². The van der Waals surface area contributed by atoms with E-state index in [9.17, 15) is 0 Å². The zero-order chi connectivity index (χ0) is 14.8. The van der Waals surface area contributed by atoms with Gasteiger partial charge in [0.1, 0.15) is 0 Å². The normalized spacial score (nSPS) is 12.7. The molecule has 0 amide bonds. The third-order valence-electron chi connectivity index (χ3n) is 3.68. The molecule has 21 heavy (non-hydrogen) atoms. The molecule has 4 heteroatoms. The average Bonchev–Trinajstić information content (AvgIpc) is 2.91. The molecule has 0 saturated heterocycles. The fraction of sp³-hybridized carbons (Fsp3) is 0.235. The van der Waals surface area contributed by atoms with Gasteiger partial charge in [-0.05, 0) is 37.2 Å². The van der Waals surface area contributed by atoms with Crippen molar-refractivity contribution >= 4 is 22.5 Å². The number of rotatable bonds is 4. The topological polar surface area (TPSA) is 29.9 Å². The molecular weight excluding hydrogens is 282 g/mol. The van der Waals surface area contributed by atoms with Crippen molar-refractivity contribution in [3.63, 3.8) is 0 Å². The molecule has 108 valence electrons. The minimum Gasteiger partial charge on any atom is -0.310 e. The van der Waals surface area contributed by atoms with Crippen molar-refractivity contribution in [2.75, 3.05) is 6.54 Å². The van der Waals surface area contributed by atoms with Crippen LogP contribution in [0.15, 0.2) is 48.7 Å². The van der Waals surface area contributed by atoms with Gasteiger partial charge in [0.2, 0.25) is 0 Å². The largest absolute Gasteiger partial charge is 0.310 e. The highest BCUT2D eigenvalue weighted by atomic mass is 35.5. The highest BCUT2D eigenvalue weighted by molar-refractivity contribution is 6.31. The number of halogens is 1. The predicted molar refractivity (Wildman–Crippen MR) is 88.2 cm³/mol. The van der Waals surface area contributed by atoms with Crippen molar-refractivity contribution in [1.82, 2.24) is 15.1 Å². The van der Waals surface area contributed by atoms with Gasteiger partial charge in [0, 0.05) is 16.5 Å². The predicted octanol–water partition coefficient (Wildman–Crippen LogP) is 4.35. The number of nitrogens with one attached hydrogen (secondary N) is 1. The van der Waals surface area contributed by atoms with Crippen LogP contribution in [0.5, 0.6) is 0 Å². The molecule has 0 aliphatic heterocycles. The first-order chi connectivity index (χ1) is 10.2. The Hall–Kier alpha value is -1.84. The maximum Gasteiger partial charge on any atom is 0.0741 e. The van der Waals surface area contributed by atoms with E-state index in [1.54, 1.807) is 0 Å². The van der Waals surface area contributed by atoms with Gasteiger partial charge >= 0.3 is 0 Å². The molecule has 1 aromatic heterocycles. The maximum absolute atomic E-state index is 6.45. The van der Waals surface area contributed by atoms with Crippen molar-refractivity contribution in [2.24, 2.45) is 0 Å². The number of fused-ring (bicyclic) bond motifs is 1. The molecule has 0 saturated carbocycles. The van der Waals surface area contributed by atoms with Gasteiger partial charge in [-0.1, -0.05) is 42.8 Å². The molecule has 1 heterocycles. The SMILES string of the molecule is CCNC(C)c1ccc(-n2ncc3ccccc32)cc1Cl. The Morgan fingerprint density at radius 2 is 2.05 bits per heavy atom. The number of aromatic nitrogens is 2. The highest BCUT2D eigenvalue weighted by Gasteiger charge is 2.11. The second-order valence-corrected chi connectivity index (χ2v) is 5.51. The summed E-state index contributed by atoms with van der Waals surface area (Å²) in [5.74, 6) is 0. The molecule has 0 bridgehead atoms. The molecule has 3 aromatic rings. The van der Waals surface area contributed by atoms with Crippen LogP contribution >= 0.6 is 11.6 Å². The van der Waals surface area contributed by atoms with Crippen LogP contribution in [0.25, 0.3) is 16.6 Å². The maximum atomic E-state index is 6.45. The Bertz CT molecular complexity index is 764. The molecule has 2 aromatic carbocycles. The summed E-state index contributed by atoms with van der Waals surface area (Å²) in [7, 11) is 0. The summed E-state index contributed by atoms with van der Waals surface area (Å²) in [5, 5.41) is 9.73. The van der Waals surface area contributed by atoms with Crippen LogP contribution in [-0.4, -0.2) is 16.3 Å². The Kier molecular flexibility index (Phi) is 3.95. The Balaban J connectivity index is 2.02. The van der Waals surface area contributed by atoms with Gasteiger partial charge < -0.3 is 5.32 Å². The number of nitrogens with zero attached hydrogens (tertiary/aromatic N) is 2. The molecule has 1 atom stereocenters. The first-order valence-electron chi connectivity index (χ1n) is 7.16. The van der Waals surface area contributed by atoms with Gasteiger partial charge in [0.15, 0.2) is 0 Å². The zero-order valence-corrected chi connectivity index (χ0v) is 12.9. The number of hydrogen-bond acceptors (Lipinski definition) is 2. The molecule has 0 spiro atoms. The summed E-state index contributed by atoms with van der Waals surface area (Å²) < 4.78 is 1.92. The molecule has 3 nitrogen and oxygen atoms in total. The summed E-state index contributed by atoms with van der Waals surface area (Å²) in [6.07, 6.45) is 1.87. The second-order valence-electron chi connectivity index (χ2n) is 5.10. The van der Waals surface area contributed by atoms with E-state index in [1.165, 1.54) is 0 Å². The van der Waals surface area contributed by atoms with Gasteiger partial charge in [-0.2, -0.15) is 5.10 Å². The summed E-state index contributed by atoms with van der Waals surface area (Å²) in [6, 6.07) is 14.5. The molecule has 0 aliphatic rings. The summed E-state index contributed by atoms with van der Waals surface area (Å²) >= 11 is 6.45. The fourth-order valence-corrected chi connectivity index (χ4v) is 2.93. The molecule has 0 fully saturated rings. The first-order valence-corrected chi connectivity index (χ1v) is 7.54. The van der Waals surface area contributed by atoms with Gasteiger partial charge in [-0.3, -0.25) is 0 Å². The average molecular weight is 300 g/mol. The van der Waals surface area contributed by atoms with Gasteiger partial charge in [0.05, 0.1) is 17.4 Å². The summed E-state index contributed by atoms with van der Waals surface area (Å²) in [4.78, 5) is 0. The Morgan fingerprint density at radius 3 is 2.81 bits per heavy atom.